The Morgan fingerprint density at radius 3 is 2.75 bits per heavy atom. The van der Waals surface area contributed by atoms with E-state index in [0.717, 1.165) is 37.1 Å². The molecule has 1 saturated carbocycles. The molecule has 8 nitrogen and oxygen atoms in total. The van der Waals surface area contributed by atoms with Crippen LogP contribution in [0.3, 0.4) is 0 Å². The topological polar surface area (TPSA) is 90.9 Å². The van der Waals surface area contributed by atoms with Gasteiger partial charge in [-0.15, -0.1) is 5.10 Å². The molecule has 0 aromatic carbocycles. The van der Waals surface area contributed by atoms with Crippen LogP contribution in [0.4, 0.5) is 5.82 Å². The van der Waals surface area contributed by atoms with Gasteiger partial charge in [0, 0.05) is 45.0 Å². The van der Waals surface area contributed by atoms with E-state index in [2.05, 4.69) is 30.0 Å². The number of aryl methyl sites for hydroxylation is 1. The Kier molecular flexibility index (Phi) is 6.41. The zero-order valence-electron chi connectivity index (χ0n) is 16.1. The average molecular weight is 402 g/mol. The van der Waals surface area contributed by atoms with Crippen LogP contribution >= 0.6 is 11.8 Å². The van der Waals surface area contributed by atoms with Gasteiger partial charge in [-0.2, -0.15) is 0 Å². The third-order valence-electron chi connectivity index (χ3n) is 5.61. The van der Waals surface area contributed by atoms with Gasteiger partial charge in [-0.3, -0.25) is 14.9 Å². The first-order valence-corrected chi connectivity index (χ1v) is 11.1. The van der Waals surface area contributed by atoms with Gasteiger partial charge in [-0.25, -0.2) is 9.97 Å². The standard InChI is InChI=1S/C19H27N7OS/c27-18(26-11-9-25(10-12-26)17-13-20-7-8-21-17)14-28-19-22-16(23-24-19)6-5-15-3-1-2-4-15/h7-8,13,15H,1-6,9-12,14H2,(H,22,23,24). The highest BCUT2D eigenvalue weighted by molar-refractivity contribution is 7.99. The minimum Gasteiger partial charge on any atom is -0.352 e. The van der Waals surface area contributed by atoms with Crippen LogP contribution in [0.15, 0.2) is 23.7 Å². The van der Waals surface area contributed by atoms with Gasteiger partial charge in [-0.05, 0) is 12.3 Å². The zero-order chi connectivity index (χ0) is 19.2. The molecule has 3 heterocycles. The Bertz CT molecular complexity index is 755. The lowest BCUT2D eigenvalue weighted by atomic mass is 10.0. The molecule has 0 bridgehead atoms. The number of hydrogen-bond donors (Lipinski definition) is 1. The van der Waals surface area contributed by atoms with Gasteiger partial charge in [-0.1, -0.05) is 37.4 Å². The molecule has 9 heteroatoms. The average Bonchev–Trinajstić information content (AvgIpc) is 3.43. The van der Waals surface area contributed by atoms with E-state index in [1.807, 2.05) is 4.90 Å². The molecule has 28 heavy (non-hydrogen) atoms. The van der Waals surface area contributed by atoms with Crippen molar-refractivity contribution < 1.29 is 4.79 Å². The summed E-state index contributed by atoms with van der Waals surface area (Å²) in [6.07, 6.45) is 12.7. The predicted molar refractivity (Wildman–Crippen MR) is 108 cm³/mol. The molecule has 1 saturated heterocycles. The van der Waals surface area contributed by atoms with Crippen LogP contribution in [0.1, 0.15) is 37.9 Å². The summed E-state index contributed by atoms with van der Waals surface area (Å²) in [5.41, 5.74) is 0. The number of aromatic amines is 1. The SMILES string of the molecule is O=C(CSc1n[nH]c(CCC2CCCC2)n1)N1CCN(c2cnccn2)CC1. The van der Waals surface area contributed by atoms with E-state index < -0.39 is 0 Å². The summed E-state index contributed by atoms with van der Waals surface area (Å²) in [4.78, 5) is 29.6. The Hall–Kier alpha value is -2.16. The van der Waals surface area contributed by atoms with E-state index in [1.165, 1.54) is 43.9 Å². The Morgan fingerprint density at radius 2 is 2.00 bits per heavy atom. The molecule has 2 aromatic rings. The summed E-state index contributed by atoms with van der Waals surface area (Å²) in [5.74, 6) is 3.18. The molecule has 0 atom stereocenters. The summed E-state index contributed by atoms with van der Waals surface area (Å²) >= 11 is 1.42. The van der Waals surface area contributed by atoms with Gasteiger partial charge in [0.25, 0.3) is 0 Å². The van der Waals surface area contributed by atoms with E-state index in [0.29, 0.717) is 24.0 Å². The van der Waals surface area contributed by atoms with Crippen molar-refractivity contribution in [1.82, 2.24) is 30.0 Å². The summed E-state index contributed by atoms with van der Waals surface area (Å²) in [6, 6.07) is 0. The summed E-state index contributed by atoms with van der Waals surface area (Å²) in [5, 5.41) is 7.97. The van der Waals surface area contributed by atoms with E-state index in [4.69, 9.17) is 0 Å². The van der Waals surface area contributed by atoms with Crippen molar-refractivity contribution >= 4 is 23.5 Å². The van der Waals surface area contributed by atoms with Gasteiger partial charge in [0.1, 0.15) is 11.6 Å². The Labute approximate surface area is 169 Å². The van der Waals surface area contributed by atoms with Crippen LogP contribution < -0.4 is 4.90 Å². The molecule has 1 amide bonds. The molecule has 1 N–H and O–H groups in total. The lowest BCUT2D eigenvalue weighted by Crippen LogP contribution is -2.49. The molecule has 0 radical (unpaired) electrons. The van der Waals surface area contributed by atoms with E-state index in [-0.39, 0.29) is 5.91 Å². The number of piperazine rings is 1. The molecule has 2 aliphatic rings. The number of anilines is 1. The summed E-state index contributed by atoms with van der Waals surface area (Å²) in [6.45, 7) is 2.97. The highest BCUT2D eigenvalue weighted by Crippen LogP contribution is 2.28. The van der Waals surface area contributed by atoms with Gasteiger partial charge >= 0.3 is 0 Å². The lowest BCUT2D eigenvalue weighted by molar-refractivity contribution is -0.128. The molecular formula is C19H27N7OS. The first-order chi connectivity index (χ1) is 13.8. The second-order valence-electron chi connectivity index (χ2n) is 7.47. The molecule has 2 aromatic heterocycles. The molecular weight excluding hydrogens is 374 g/mol. The van der Waals surface area contributed by atoms with Crippen molar-refractivity contribution in [3.63, 3.8) is 0 Å². The van der Waals surface area contributed by atoms with Crippen molar-refractivity contribution in [3.05, 3.63) is 24.4 Å². The van der Waals surface area contributed by atoms with Gasteiger partial charge in [0.05, 0.1) is 11.9 Å². The van der Waals surface area contributed by atoms with Crippen molar-refractivity contribution in [2.24, 2.45) is 5.92 Å². The third-order valence-corrected chi connectivity index (χ3v) is 6.44. The lowest BCUT2D eigenvalue weighted by Gasteiger charge is -2.35. The number of hydrogen-bond acceptors (Lipinski definition) is 7. The number of carbonyl (C=O) groups excluding carboxylic acids is 1. The minimum absolute atomic E-state index is 0.140. The van der Waals surface area contributed by atoms with Crippen molar-refractivity contribution in [3.8, 4) is 0 Å². The van der Waals surface area contributed by atoms with Gasteiger partial charge in [0.15, 0.2) is 0 Å². The summed E-state index contributed by atoms with van der Waals surface area (Å²) in [7, 11) is 0. The molecule has 0 spiro atoms. The highest BCUT2D eigenvalue weighted by atomic mass is 32.2. The number of carbonyl (C=O) groups is 1. The zero-order valence-corrected chi connectivity index (χ0v) is 16.9. The number of rotatable bonds is 7. The predicted octanol–water partition coefficient (Wildman–Crippen LogP) is 2.16. The molecule has 1 aliphatic carbocycles. The molecule has 1 aliphatic heterocycles. The second kappa shape index (κ2) is 9.36. The van der Waals surface area contributed by atoms with Crippen LogP contribution in [0.2, 0.25) is 0 Å². The second-order valence-corrected chi connectivity index (χ2v) is 8.42. The minimum atomic E-state index is 0.140. The monoisotopic (exact) mass is 401 g/mol. The number of nitrogens with zero attached hydrogens (tertiary/aromatic N) is 6. The van der Waals surface area contributed by atoms with E-state index in [9.17, 15) is 4.79 Å². The van der Waals surface area contributed by atoms with E-state index in [1.54, 1.807) is 18.6 Å². The number of H-pyrrole nitrogens is 1. The smallest absolute Gasteiger partial charge is 0.233 e. The molecule has 4 rings (SSSR count). The fraction of sp³-hybridized carbons (Fsp3) is 0.632. The number of nitrogens with one attached hydrogen (secondary N) is 1. The van der Waals surface area contributed by atoms with Crippen LogP contribution in [0, 0.1) is 5.92 Å². The number of amides is 1. The van der Waals surface area contributed by atoms with E-state index >= 15 is 0 Å². The molecule has 2 fully saturated rings. The number of aromatic nitrogens is 5. The van der Waals surface area contributed by atoms with Crippen LogP contribution in [0.5, 0.6) is 0 Å². The normalized spacial score (nSPS) is 18.0. The highest BCUT2D eigenvalue weighted by Gasteiger charge is 2.22. The largest absolute Gasteiger partial charge is 0.352 e. The Balaban J connectivity index is 1.18. The molecule has 0 unspecified atom stereocenters. The third kappa shape index (κ3) is 5.01. The van der Waals surface area contributed by atoms with Gasteiger partial charge < -0.3 is 9.80 Å². The first kappa shape index (κ1) is 19.2. The maximum Gasteiger partial charge on any atom is 0.233 e. The van der Waals surface area contributed by atoms with Crippen molar-refractivity contribution in [2.45, 2.75) is 43.7 Å². The van der Waals surface area contributed by atoms with Crippen molar-refractivity contribution in [1.29, 1.82) is 0 Å². The first-order valence-electron chi connectivity index (χ1n) is 10.1. The fourth-order valence-electron chi connectivity index (χ4n) is 3.95. The van der Waals surface area contributed by atoms with Crippen LogP contribution in [0.25, 0.3) is 0 Å². The van der Waals surface area contributed by atoms with Crippen LogP contribution in [-0.4, -0.2) is 67.9 Å². The number of thioether (sulfide) groups is 1. The maximum absolute atomic E-state index is 12.5. The van der Waals surface area contributed by atoms with Crippen molar-refractivity contribution in [2.75, 3.05) is 36.8 Å². The van der Waals surface area contributed by atoms with Crippen LogP contribution in [-0.2, 0) is 11.2 Å². The van der Waals surface area contributed by atoms with Gasteiger partial charge in [0.2, 0.25) is 11.1 Å². The quantitative estimate of drug-likeness (QED) is 0.711. The Morgan fingerprint density at radius 1 is 1.18 bits per heavy atom. The fourth-order valence-corrected chi connectivity index (χ4v) is 4.67. The summed E-state index contributed by atoms with van der Waals surface area (Å²) < 4.78 is 0. The molecule has 150 valence electrons. The maximum atomic E-state index is 12.5.